The normalized spacial score (nSPS) is 12.0. The molecule has 0 spiro atoms. The van der Waals surface area contributed by atoms with E-state index in [0.717, 1.165) is 14.5 Å². The zero-order chi connectivity index (χ0) is 10.6. The van der Waals surface area contributed by atoms with Crippen LogP contribution in [0, 0.1) is 5.92 Å². The van der Waals surface area contributed by atoms with Crippen molar-refractivity contribution in [3.63, 3.8) is 0 Å². The van der Waals surface area contributed by atoms with E-state index in [0.29, 0.717) is 0 Å². The van der Waals surface area contributed by atoms with Crippen LogP contribution < -0.4 is 0 Å². The lowest BCUT2D eigenvalue weighted by Crippen LogP contribution is -2.01. The smallest absolute Gasteiger partial charge is 0.0356 e. The Bertz CT molecular complexity index is 93.4. The van der Waals surface area contributed by atoms with Crippen molar-refractivity contribution in [3.05, 3.63) is 0 Å². The van der Waals surface area contributed by atoms with Crippen molar-refractivity contribution in [2.45, 2.75) is 65.2 Å². The van der Waals surface area contributed by atoms with Gasteiger partial charge in [-0.2, -0.15) is 0 Å². The summed E-state index contributed by atoms with van der Waals surface area (Å²) >= 11 is 0. The summed E-state index contributed by atoms with van der Waals surface area (Å²) in [5.41, 5.74) is 0. The van der Waals surface area contributed by atoms with Crippen LogP contribution in [0.4, 0.5) is 0 Å². The predicted octanol–water partition coefficient (Wildman–Crippen LogP) is 5.07. The second kappa shape index (κ2) is 11.5. The second-order valence-electron chi connectivity index (χ2n) is 4.40. The van der Waals surface area contributed by atoms with Gasteiger partial charge in [-0.1, -0.05) is 58.8 Å². The van der Waals surface area contributed by atoms with Gasteiger partial charge in [0.2, 0.25) is 0 Å². The highest BCUT2D eigenvalue weighted by Gasteiger charge is 2.06. The third kappa shape index (κ3) is 9.00. The molecule has 0 saturated heterocycles. The van der Waals surface area contributed by atoms with E-state index in [4.69, 9.17) is 0 Å². The summed E-state index contributed by atoms with van der Waals surface area (Å²) in [5, 5.41) is 0. The van der Waals surface area contributed by atoms with Gasteiger partial charge in [-0.3, -0.25) is 0 Å². The SMILES string of the molecule is CCCCC(CCCC)CCCPC. The zero-order valence-corrected chi connectivity index (χ0v) is 11.4. The number of unbranched alkanes of at least 4 members (excludes halogenated alkanes) is 2. The maximum atomic E-state index is 2.33. The minimum absolute atomic E-state index is 1.05. The Morgan fingerprint density at radius 2 is 1.36 bits per heavy atom. The minimum atomic E-state index is 1.05. The van der Waals surface area contributed by atoms with E-state index in [1.165, 1.54) is 57.5 Å². The first-order valence-corrected chi connectivity index (χ1v) is 8.20. The third-order valence-corrected chi connectivity index (χ3v) is 3.82. The number of hydrogen-bond acceptors (Lipinski definition) is 0. The second-order valence-corrected chi connectivity index (χ2v) is 5.60. The van der Waals surface area contributed by atoms with Gasteiger partial charge in [0, 0.05) is 0 Å². The lowest BCUT2D eigenvalue weighted by molar-refractivity contribution is 0.391. The van der Waals surface area contributed by atoms with Crippen molar-refractivity contribution < 1.29 is 0 Å². The van der Waals surface area contributed by atoms with Crippen LogP contribution in [0.25, 0.3) is 0 Å². The monoisotopic (exact) mass is 216 g/mol. The Balaban J connectivity index is 3.49. The molecule has 0 aliphatic carbocycles. The summed E-state index contributed by atoms with van der Waals surface area (Å²) in [6.07, 6.45) is 13.1. The van der Waals surface area contributed by atoms with Crippen LogP contribution in [-0.2, 0) is 0 Å². The van der Waals surface area contributed by atoms with Crippen molar-refractivity contribution in [2.24, 2.45) is 5.92 Å². The molecular weight excluding hydrogens is 187 g/mol. The van der Waals surface area contributed by atoms with Gasteiger partial charge in [0.25, 0.3) is 0 Å². The largest absolute Gasteiger partial charge is 0.125 e. The van der Waals surface area contributed by atoms with Gasteiger partial charge in [-0.15, -0.1) is 8.58 Å². The fourth-order valence-electron chi connectivity index (χ4n) is 1.99. The van der Waals surface area contributed by atoms with E-state index < -0.39 is 0 Å². The molecule has 0 aromatic carbocycles. The molecule has 0 aromatic heterocycles. The molecule has 0 rings (SSSR count). The molecule has 0 fully saturated rings. The fourth-order valence-corrected chi connectivity index (χ4v) is 2.54. The van der Waals surface area contributed by atoms with Crippen LogP contribution in [-0.4, -0.2) is 12.8 Å². The highest BCUT2D eigenvalue weighted by molar-refractivity contribution is 7.36. The van der Waals surface area contributed by atoms with Gasteiger partial charge in [-0.25, -0.2) is 0 Å². The van der Waals surface area contributed by atoms with E-state index in [1.807, 2.05) is 0 Å². The predicted molar refractivity (Wildman–Crippen MR) is 70.9 cm³/mol. The highest BCUT2D eigenvalue weighted by atomic mass is 31.1. The van der Waals surface area contributed by atoms with E-state index in [2.05, 4.69) is 20.5 Å². The first-order chi connectivity index (χ1) is 6.85. The highest BCUT2D eigenvalue weighted by Crippen LogP contribution is 2.22. The average Bonchev–Trinajstić information content (AvgIpc) is 2.21. The summed E-state index contributed by atoms with van der Waals surface area (Å²) in [6.45, 7) is 6.95. The maximum Gasteiger partial charge on any atom is -0.0356 e. The Labute approximate surface area is 93.0 Å². The van der Waals surface area contributed by atoms with E-state index in [1.54, 1.807) is 0 Å². The summed E-state index contributed by atoms with van der Waals surface area (Å²) in [6, 6.07) is 0. The average molecular weight is 216 g/mol. The first kappa shape index (κ1) is 14.4. The molecule has 1 heteroatoms. The molecule has 0 aliphatic rings. The Hall–Kier alpha value is 0.430. The quantitative estimate of drug-likeness (QED) is 0.353. The van der Waals surface area contributed by atoms with Gasteiger partial charge in [0.15, 0.2) is 0 Å². The topological polar surface area (TPSA) is 0 Å². The van der Waals surface area contributed by atoms with Crippen molar-refractivity contribution in [1.82, 2.24) is 0 Å². The first-order valence-electron chi connectivity index (χ1n) is 6.49. The van der Waals surface area contributed by atoms with Crippen molar-refractivity contribution in [2.75, 3.05) is 12.8 Å². The summed E-state index contributed by atoms with van der Waals surface area (Å²) in [7, 11) is 1.16. The van der Waals surface area contributed by atoms with Gasteiger partial charge in [0.1, 0.15) is 0 Å². The maximum absolute atomic E-state index is 2.33. The van der Waals surface area contributed by atoms with Crippen LogP contribution in [0.3, 0.4) is 0 Å². The lowest BCUT2D eigenvalue weighted by Gasteiger charge is -2.15. The molecular formula is C13H29P. The molecule has 1 atom stereocenters. The van der Waals surface area contributed by atoms with Crippen LogP contribution in [0.1, 0.15) is 65.2 Å². The third-order valence-electron chi connectivity index (χ3n) is 2.97. The van der Waals surface area contributed by atoms with Gasteiger partial charge in [0.05, 0.1) is 0 Å². The Morgan fingerprint density at radius 3 is 1.79 bits per heavy atom. The van der Waals surface area contributed by atoms with Crippen molar-refractivity contribution >= 4 is 8.58 Å². The minimum Gasteiger partial charge on any atom is -0.125 e. The van der Waals surface area contributed by atoms with Gasteiger partial charge >= 0.3 is 0 Å². The number of rotatable bonds is 10. The molecule has 0 nitrogen and oxygen atoms in total. The molecule has 0 saturated carbocycles. The van der Waals surface area contributed by atoms with E-state index in [9.17, 15) is 0 Å². The van der Waals surface area contributed by atoms with Gasteiger partial charge in [-0.05, 0) is 25.2 Å². The van der Waals surface area contributed by atoms with Crippen molar-refractivity contribution in [3.8, 4) is 0 Å². The molecule has 0 aromatic rings. The summed E-state index contributed by atoms with van der Waals surface area (Å²) < 4.78 is 0. The lowest BCUT2D eigenvalue weighted by atomic mass is 9.92. The fraction of sp³-hybridized carbons (Fsp3) is 1.00. The Morgan fingerprint density at radius 1 is 0.857 bits per heavy atom. The molecule has 1 unspecified atom stereocenters. The summed E-state index contributed by atoms with van der Waals surface area (Å²) in [4.78, 5) is 0. The van der Waals surface area contributed by atoms with Gasteiger partial charge < -0.3 is 0 Å². The molecule has 14 heavy (non-hydrogen) atoms. The molecule has 0 N–H and O–H groups in total. The molecule has 86 valence electrons. The van der Waals surface area contributed by atoms with Crippen LogP contribution in [0.15, 0.2) is 0 Å². The van der Waals surface area contributed by atoms with E-state index >= 15 is 0 Å². The van der Waals surface area contributed by atoms with Crippen LogP contribution in [0.5, 0.6) is 0 Å². The molecule has 0 amide bonds. The Kier molecular flexibility index (Phi) is 11.9. The molecule has 0 aliphatic heterocycles. The van der Waals surface area contributed by atoms with E-state index in [-0.39, 0.29) is 0 Å². The van der Waals surface area contributed by atoms with Crippen LogP contribution in [0.2, 0.25) is 0 Å². The molecule has 0 bridgehead atoms. The van der Waals surface area contributed by atoms with Crippen LogP contribution >= 0.6 is 8.58 Å². The standard InChI is InChI=1S/C13H29P/c1-4-6-9-13(10-7-5-2)11-8-12-14-3/h13-14H,4-12H2,1-3H3. The van der Waals surface area contributed by atoms with Crippen molar-refractivity contribution in [1.29, 1.82) is 0 Å². The summed E-state index contributed by atoms with van der Waals surface area (Å²) in [5.74, 6) is 1.05. The zero-order valence-electron chi connectivity index (χ0n) is 10.4. The molecule has 0 radical (unpaired) electrons. The number of hydrogen-bond donors (Lipinski definition) is 0. The molecule has 0 heterocycles.